The van der Waals surface area contributed by atoms with Crippen molar-refractivity contribution in [3.8, 4) is 22.6 Å². The van der Waals surface area contributed by atoms with Crippen molar-refractivity contribution in [2.24, 2.45) is 0 Å². The molecule has 0 spiro atoms. The van der Waals surface area contributed by atoms with Crippen LogP contribution >= 0.6 is 11.8 Å². The zero-order valence-corrected chi connectivity index (χ0v) is 19.1. The van der Waals surface area contributed by atoms with Crippen LogP contribution in [-0.2, 0) is 16.0 Å². The third kappa shape index (κ3) is 5.59. The lowest BCUT2D eigenvalue weighted by molar-refractivity contribution is -0.109. The normalized spacial score (nSPS) is 18.0. The number of hydrogen-bond acceptors (Lipinski definition) is 5. The predicted molar refractivity (Wildman–Crippen MR) is 131 cm³/mol. The van der Waals surface area contributed by atoms with Gasteiger partial charge in [-0.05, 0) is 31.4 Å². The van der Waals surface area contributed by atoms with Gasteiger partial charge in [0.15, 0.2) is 11.7 Å². The van der Waals surface area contributed by atoms with Gasteiger partial charge in [-0.15, -0.1) is 11.8 Å². The molecular formula is C27H29NO3S. The number of hydrogen-bond donors (Lipinski definition) is 0. The minimum absolute atomic E-state index is 0.278. The maximum absolute atomic E-state index is 11.5. The molecule has 1 saturated heterocycles. The summed E-state index contributed by atoms with van der Waals surface area (Å²) in [5.41, 5.74) is 3.92. The fraction of sp³-hybridized carbons (Fsp3) is 0.333. The van der Waals surface area contributed by atoms with Crippen molar-refractivity contribution in [2.45, 2.75) is 36.9 Å². The lowest BCUT2D eigenvalue weighted by Crippen LogP contribution is -2.24. The number of oxazole rings is 1. The highest BCUT2D eigenvalue weighted by Crippen LogP contribution is 2.41. The molecule has 1 aromatic heterocycles. The van der Waals surface area contributed by atoms with Gasteiger partial charge in [0.25, 0.3) is 0 Å². The van der Waals surface area contributed by atoms with Crippen LogP contribution in [0.3, 0.4) is 0 Å². The number of thioether (sulfide) groups is 1. The van der Waals surface area contributed by atoms with E-state index in [1.165, 1.54) is 0 Å². The molecule has 1 fully saturated rings. The number of aryl methyl sites for hydroxylation is 1. The van der Waals surface area contributed by atoms with E-state index in [0.29, 0.717) is 31.9 Å². The molecule has 1 aliphatic rings. The van der Waals surface area contributed by atoms with E-state index in [-0.39, 0.29) is 4.75 Å². The van der Waals surface area contributed by atoms with Gasteiger partial charge in [0, 0.05) is 24.2 Å². The van der Waals surface area contributed by atoms with Crippen molar-refractivity contribution in [1.29, 1.82) is 0 Å². The van der Waals surface area contributed by atoms with Crippen molar-refractivity contribution in [2.75, 3.05) is 19.0 Å². The summed E-state index contributed by atoms with van der Waals surface area (Å²) in [7, 11) is 0. The highest BCUT2D eigenvalue weighted by Gasteiger charge is 2.34. The van der Waals surface area contributed by atoms with Crippen LogP contribution in [0, 0.1) is 0 Å². The summed E-state index contributed by atoms with van der Waals surface area (Å²) in [6.45, 7) is 5.21. The standard InChI is InChI=1S/C27H29NO3S/c1-21(18-27(20-29)15-9-17-32-27)19-30-16-8-14-24-28-25(22-10-4-2-5-11-22)26(31-24)23-12-6-3-7-13-23/h2-7,10-13,20H,1,8-9,14-19H2/t27-/m1/s1. The van der Waals surface area contributed by atoms with E-state index in [2.05, 4.69) is 18.7 Å². The Morgan fingerprint density at radius 3 is 2.50 bits per heavy atom. The first-order valence-electron chi connectivity index (χ1n) is 11.1. The second-order valence-corrected chi connectivity index (χ2v) is 9.74. The van der Waals surface area contributed by atoms with E-state index in [0.717, 1.165) is 59.5 Å². The van der Waals surface area contributed by atoms with Crippen LogP contribution in [0.15, 0.2) is 77.2 Å². The van der Waals surface area contributed by atoms with Crippen LogP contribution in [-0.4, -0.2) is 35.0 Å². The Bertz CT molecular complexity index is 967. The Hall–Kier alpha value is -2.63. The van der Waals surface area contributed by atoms with Crippen molar-refractivity contribution in [1.82, 2.24) is 4.98 Å². The third-order valence-electron chi connectivity index (χ3n) is 5.64. The highest BCUT2D eigenvalue weighted by atomic mass is 32.2. The first kappa shape index (κ1) is 22.6. The lowest BCUT2D eigenvalue weighted by atomic mass is 9.97. The van der Waals surface area contributed by atoms with Crippen LogP contribution in [0.25, 0.3) is 22.6 Å². The van der Waals surface area contributed by atoms with Gasteiger partial charge in [0.1, 0.15) is 12.0 Å². The SMILES string of the molecule is C=C(COCCCc1nc(-c2ccccc2)c(-c2ccccc2)o1)C[C@@]1(C=O)CCCS1. The van der Waals surface area contributed by atoms with Gasteiger partial charge in [0.2, 0.25) is 0 Å². The van der Waals surface area contributed by atoms with E-state index >= 15 is 0 Å². The number of carbonyl (C=O) groups is 1. The molecule has 32 heavy (non-hydrogen) atoms. The molecule has 5 heteroatoms. The molecule has 2 aromatic carbocycles. The fourth-order valence-electron chi connectivity index (χ4n) is 4.06. The van der Waals surface area contributed by atoms with Gasteiger partial charge in [-0.2, -0.15) is 0 Å². The van der Waals surface area contributed by atoms with Crippen molar-refractivity contribution in [3.63, 3.8) is 0 Å². The summed E-state index contributed by atoms with van der Waals surface area (Å²) in [6, 6.07) is 20.2. The number of aromatic nitrogens is 1. The monoisotopic (exact) mass is 447 g/mol. The first-order chi connectivity index (χ1) is 15.7. The van der Waals surface area contributed by atoms with Gasteiger partial charge < -0.3 is 13.9 Å². The molecule has 166 valence electrons. The lowest BCUT2D eigenvalue weighted by Gasteiger charge is -2.22. The average molecular weight is 448 g/mol. The molecule has 1 aliphatic heterocycles. The average Bonchev–Trinajstić information content (AvgIpc) is 3.48. The van der Waals surface area contributed by atoms with Crippen molar-refractivity contribution < 1.29 is 13.9 Å². The van der Waals surface area contributed by atoms with Crippen LogP contribution < -0.4 is 0 Å². The molecule has 0 bridgehead atoms. The van der Waals surface area contributed by atoms with Crippen LogP contribution in [0.1, 0.15) is 31.6 Å². The van der Waals surface area contributed by atoms with E-state index in [1.54, 1.807) is 11.8 Å². The highest BCUT2D eigenvalue weighted by molar-refractivity contribution is 8.01. The molecule has 1 atom stereocenters. The quantitative estimate of drug-likeness (QED) is 0.194. The molecule has 0 radical (unpaired) electrons. The van der Waals surface area contributed by atoms with E-state index in [1.807, 2.05) is 48.5 Å². The van der Waals surface area contributed by atoms with Crippen LogP contribution in [0.2, 0.25) is 0 Å². The summed E-state index contributed by atoms with van der Waals surface area (Å²) in [5.74, 6) is 2.57. The Kier molecular flexibility index (Phi) is 7.61. The van der Waals surface area contributed by atoms with Crippen LogP contribution in [0.5, 0.6) is 0 Å². The predicted octanol–water partition coefficient (Wildman–Crippen LogP) is 6.37. The third-order valence-corrected chi connectivity index (χ3v) is 7.15. The largest absolute Gasteiger partial charge is 0.440 e. The number of ether oxygens (including phenoxy) is 1. The zero-order valence-electron chi connectivity index (χ0n) is 18.3. The minimum atomic E-state index is -0.278. The smallest absolute Gasteiger partial charge is 0.195 e. The fourth-order valence-corrected chi connectivity index (χ4v) is 5.42. The van der Waals surface area contributed by atoms with Gasteiger partial charge in [-0.3, -0.25) is 0 Å². The molecule has 0 saturated carbocycles. The molecule has 4 nitrogen and oxygen atoms in total. The topological polar surface area (TPSA) is 52.3 Å². The Morgan fingerprint density at radius 1 is 1.12 bits per heavy atom. The molecule has 2 heterocycles. The van der Waals surface area contributed by atoms with Crippen LogP contribution in [0.4, 0.5) is 0 Å². The second-order valence-electron chi connectivity index (χ2n) is 8.23. The number of nitrogens with zero attached hydrogens (tertiary/aromatic N) is 1. The number of carbonyl (C=O) groups excluding carboxylic acids is 1. The number of rotatable bonds is 11. The van der Waals surface area contributed by atoms with Gasteiger partial charge in [-0.25, -0.2) is 4.98 Å². The molecule has 0 amide bonds. The molecular weight excluding hydrogens is 418 g/mol. The summed E-state index contributed by atoms with van der Waals surface area (Å²) in [6.07, 6.45) is 5.37. The maximum Gasteiger partial charge on any atom is 0.195 e. The number of aldehydes is 1. The number of benzene rings is 2. The summed E-state index contributed by atoms with van der Waals surface area (Å²) in [4.78, 5) is 16.3. The van der Waals surface area contributed by atoms with Gasteiger partial charge in [0.05, 0.1) is 11.4 Å². The van der Waals surface area contributed by atoms with Crippen molar-refractivity contribution >= 4 is 18.0 Å². The van der Waals surface area contributed by atoms with Gasteiger partial charge in [-0.1, -0.05) is 72.8 Å². The van der Waals surface area contributed by atoms with Crippen molar-refractivity contribution in [3.05, 3.63) is 78.7 Å². The Labute approximate surface area is 194 Å². The molecule has 0 N–H and O–H groups in total. The Balaban J connectivity index is 1.32. The molecule has 3 aromatic rings. The maximum atomic E-state index is 11.5. The minimum Gasteiger partial charge on any atom is -0.440 e. The molecule has 0 unspecified atom stereocenters. The van der Waals surface area contributed by atoms with E-state index < -0.39 is 0 Å². The first-order valence-corrected chi connectivity index (χ1v) is 12.1. The molecule has 0 aliphatic carbocycles. The summed E-state index contributed by atoms with van der Waals surface area (Å²) >= 11 is 1.75. The van der Waals surface area contributed by atoms with E-state index in [4.69, 9.17) is 14.1 Å². The summed E-state index contributed by atoms with van der Waals surface area (Å²) in [5, 5.41) is 0. The molecule has 4 rings (SSSR count). The zero-order chi connectivity index (χ0) is 22.2. The second kappa shape index (κ2) is 10.8. The Morgan fingerprint density at radius 2 is 1.84 bits per heavy atom. The summed E-state index contributed by atoms with van der Waals surface area (Å²) < 4.78 is 11.7. The van der Waals surface area contributed by atoms with E-state index in [9.17, 15) is 4.79 Å². The van der Waals surface area contributed by atoms with Gasteiger partial charge >= 0.3 is 0 Å².